The topological polar surface area (TPSA) is 18.5 Å². The van der Waals surface area contributed by atoms with E-state index in [0.717, 1.165) is 34.1 Å². The largest absolute Gasteiger partial charge is 0.497 e. The van der Waals surface area contributed by atoms with E-state index in [1.807, 2.05) is 25.1 Å². The summed E-state index contributed by atoms with van der Waals surface area (Å²) in [5.74, 6) is 2.03. The zero-order valence-electron chi connectivity index (χ0n) is 15.8. The minimum atomic E-state index is 0.0192. The number of hydrogen-bond acceptors (Lipinski definition) is 2. The van der Waals surface area contributed by atoms with Gasteiger partial charge in [0.1, 0.15) is 17.6 Å². The van der Waals surface area contributed by atoms with Gasteiger partial charge >= 0.3 is 0 Å². The molecule has 4 rings (SSSR count). The Morgan fingerprint density at radius 1 is 0.963 bits per heavy atom. The molecule has 0 unspecified atom stereocenters. The minimum absolute atomic E-state index is 0.0192. The van der Waals surface area contributed by atoms with Gasteiger partial charge in [0.2, 0.25) is 0 Å². The summed E-state index contributed by atoms with van der Waals surface area (Å²) in [6.45, 7) is 4.13. The number of fused-ring (bicyclic) bond motifs is 1. The Hall–Kier alpha value is -2.45. The maximum Gasteiger partial charge on any atom is 0.125 e. The predicted octanol–water partition coefficient (Wildman–Crippen LogP) is 6.62. The van der Waals surface area contributed by atoms with Crippen LogP contribution >= 0.6 is 11.6 Å². The quantitative estimate of drug-likeness (QED) is 0.509. The van der Waals surface area contributed by atoms with Crippen LogP contribution < -0.4 is 9.47 Å². The molecule has 0 fully saturated rings. The molecule has 1 aliphatic heterocycles. The van der Waals surface area contributed by atoms with Crippen molar-refractivity contribution in [1.29, 1.82) is 0 Å². The average Bonchev–Trinajstić information content (AvgIpc) is 2.72. The summed E-state index contributed by atoms with van der Waals surface area (Å²) >= 11 is 6.59. The molecule has 0 radical (unpaired) electrons. The van der Waals surface area contributed by atoms with E-state index in [-0.39, 0.29) is 12.0 Å². The van der Waals surface area contributed by atoms with Crippen molar-refractivity contribution in [2.75, 3.05) is 7.11 Å². The summed E-state index contributed by atoms with van der Waals surface area (Å²) in [5, 5.41) is 0.828. The van der Waals surface area contributed by atoms with Crippen LogP contribution in [-0.4, -0.2) is 7.11 Å². The molecular weight excluding hydrogens is 356 g/mol. The highest BCUT2D eigenvalue weighted by molar-refractivity contribution is 6.32. The monoisotopic (exact) mass is 378 g/mol. The van der Waals surface area contributed by atoms with Crippen molar-refractivity contribution in [3.05, 3.63) is 93.5 Å². The molecule has 3 aromatic rings. The first-order chi connectivity index (χ1) is 13.1. The van der Waals surface area contributed by atoms with Crippen molar-refractivity contribution in [2.45, 2.75) is 32.3 Å². The average molecular weight is 379 g/mol. The lowest BCUT2D eigenvalue weighted by Crippen LogP contribution is -2.21. The third kappa shape index (κ3) is 3.30. The molecule has 0 N–H and O–H groups in total. The molecule has 0 saturated heterocycles. The van der Waals surface area contributed by atoms with Crippen molar-refractivity contribution in [3.8, 4) is 11.5 Å². The maximum atomic E-state index is 6.59. The van der Waals surface area contributed by atoms with E-state index >= 15 is 0 Å². The summed E-state index contributed by atoms with van der Waals surface area (Å²) in [6, 6.07) is 20.9. The maximum absolute atomic E-state index is 6.59. The first-order valence-electron chi connectivity index (χ1n) is 9.23. The first-order valence-corrected chi connectivity index (χ1v) is 9.61. The molecule has 0 aromatic heterocycles. The van der Waals surface area contributed by atoms with Gasteiger partial charge in [-0.25, -0.2) is 0 Å². The van der Waals surface area contributed by atoms with Crippen LogP contribution in [0.15, 0.2) is 60.7 Å². The molecule has 3 heteroatoms. The van der Waals surface area contributed by atoms with Crippen LogP contribution in [0.4, 0.5) is 0 Å². The summed E-state index contributed by atoms with van der Waals surface area (Å²) in [6.07, 6.45) is 0.898. The minimum Gasteiger partial charge on any atom is -0.497 e. The molecule has 3 aromatic carbocycles. The van der Waals surface area contributed by atoms with Gasteiger partial charge in [0, 0.05) is 16.5 Å². The van der Waals surface area contributed by atoms with Crippen molar-refractivity contribution in [2.24, 2.45) is 0 Å². The van der Waals surface area contributed by atoms with Gasteiger partial charge in [0.15, 0.2) is 0 Å². The van der Waals surface area contributed by atoms with Crippen LogP contribution in [0.2, 0.25) is 5.02 Å². The Bertz CT molecular complexity index is 948. The zero-order chi connectivity index (χ0) is 19.0. The third-order valence-electron chi connectivity index (χ3n) is 5.45. The number of ether oxygens (including phenoxy) is 2. The van der Waals surface area contributed by atoms with Crippen molar-refractivity contribution in [1.82, 2.24) is 0 Å². The van der Waals surface area contributed by atoms with Gasteiger partial charge in [-0.3, -0.25) is 0 Å². The highest BCUT2D eigenvalue weighted by Gasteiger charge is 2.32. The molecule has 0 amide bonds. The summed E-state index contributed by atoms with van der Waals surface area (Å²) in [7, 11) is 1.69. The van der Waals surface area contributed by atoms with Crippen LogP contribution in [-0.2, 0) is 0 Å². The van der Waals surface area contributed by atoms with Gasteiger partial charge in [-0.05, 0) is 60.7 Å². The Kier molecular flexibility index (Phi) is 4.84. The molecule has 2 atom stereocenters. The van der Waals surface area contributed by atoms with E-state index in [9.17, 15) is 0 Å². The molecule has 1 heterocycles. The Morgan fingerprint density at radius 2 is 1.67 bits per heavy atom. The second-order valence-corrected chi connectivity index (χ2v) is 7.50. The fourth-order valence-electron chi connectivity index (χ4n) is 4.01. The SMILES string of the molecule is COc1ccc([C@H]2C[C@@H](c3ccccc3)Oc3cc(C)c(Cl)c(C)c32)cc1. The molecule has 138 valence electrons. The van der Waals surface area contributed by atoms with Gasteiger partial charge in [-0.2, -0.15) is 0 Å². The molecule has 0 saturated carbocycles. The fourth-order valence-corrected chi connectivity index (χ4v) is 4.17. The van der Waals surface area contributed by atoms with Crippen molar-refractivity contribution in [3.63, 3.8) is 0 Å². The van der Waals surface area contributed by atoms with Crippen molar-refractivity contribution < 1.29 is 9.47 Å². The van der Waals surface area contributed by atoms with E-state index in [1.165, 1.54) is 16.7 Å². The van der Waals surface area contributed by atoms with Crippen LogP contribution in [0.25, 0.3) is 0 Å². The third-order valence-corrected chi connectivity index (χ3v) is 6.03. The fraction of sp³-hybridized carbons (Fsp3) is 0.250. The predicted molar refractivity (Wildman–Crippen MR) is 110 cm³/mol. The van der Waals surface area contributed by atoms with E-state index in [0.29, 0.717) is 0 Å². The molecule has 0 aliphatic carbocycles. The van der Waals surface area contributed by atoms with Crippen LogP contribution in [0.3, 0.4) is 0 Å². The van der Waals surface area contributed by atoms with Crippen LogP contribution in [0.5, 0.6) is 11.5 Å². The zero-order valence-corrected chi connectivity index (χ0v) is 16.6. The highest BCUT2D eigenvalue weighted by atomic mass is 35.5. The van der Waals surface area contributed by atoms with Crippen LogP contribution in [0, 0.1) is 13.8 Å². The normalized spacial score (nSPS) is 18.5. The highest BCUT2D eigenvalue weighted by Crippen LogP contribution is 2.48. The van der Waals surface area contributed by atoms with Gasteiger partial charge in [0.25, 0.3) is 0 Å². The second kappa shape index (κ2) is 7.28. The van der Waals surface area contributed by atoms with E-state index in [1.54, 1.807) is 7.11 Å². The number of hydrogen-bond donors (Lipinski definition) is 0. The molecule has 27 heavy (non-hydrogen) atoms. The lowest BCUT2D eigenvalue weighted by Gasteiger charge is -2.35. The lowest BCUT2D eigenvalue weighted by molar-refractivity contribution is 0.167. The second-order valence-electron chi connectivity index (χ2n) is 7.12. The molecule has 0 bridgehead atoms. The van der Waals surface area contributed by atoms with E-state index in [2.05, 4.69) is 49.4 Å². The Labute approximate surface area is 165 Å². The van der Waals surface area contributed by atoms with E-state index in [4.69, 9.17) is 21.1 Å². The standard InChI is InChI=1S/C24H23ClO2/c1-15-13-22-23(16(2)24(15)25)20(17-9-11-19(26-3)12-10-17)14-21(27-22)18-7-5-4-6-8-18/h4-13,20-21H,14H2,1-3H3/t20-,21+/m1/s1. The summed E-state index contributed by atoms with van der Waals surface area (Å²) < 4.78 is 11.8. The van der Waals surface area contributed by atoms with Gasteiger partial charge in [0.05, 0.1) is 7.11 Å². The van der Waals surface area contributed by atoms with Gasteiger partial charge < -0.3 is 9.47 Å². The van der Waals surface area contributed by atoms with E-state index < -0.39 is 0 Å². The lowest BCUT2D eigenvalue weighted by atomic mass is 9.80. The summed E-state index contributed by atoms with van der Waals surface area (Å²) in [5.41, 5.74) is 5.81. The Morgan fingerprint density at radius 3 is 2.33 bits per heavy atom. The number of halogens is 1. The van der Waals surface area contributed by atoms with Gasteiger partial charge in [-0.1, -0.05) is 54.1 Å². The number of benzene rings is 3. The summed E-state index contributed by atoms with van der Waals surface area (Å²) in [4.78, 5) is 0. The van der Waals surface area contributed by atoms with Crippen molar-refractivity contribution >= 4 is 11.6 Å². The van der Waals surface area contributed by atoms with Crippen LogP contribution in [0.1, 0.15) is 46.3 Å². The number of methoxy groups -OCH3 is 1. The van der Waals surface area contributed by atoms with Gasteiger partial charge in [-0.15, -0.1) is 0 Å². The smallest absolute Gasteiger partial charge is 0.125 e. The molecular formula is C24H23ClO2. The molecule has 2 nitrogen and oxygen atoms in total. The number of aryl methyl sites for hydroxylation is 1. The Balaban J connectivity index is 1.84. The molecule has 1 aliphatic rings. The molecule has 0 spiro atoms. The first kappa shape index (κ1) is 17.9. The number of rotatable bonds is 3.